The lowest BCUT2D eigenvalue weighted by atomic mass is 9.89. The number of hydrogen-bond acceptors (Lipinski definition) is 32. The van der Waals surface area contributed by atoms with Gasteiger partial charge in [0.25, 0.3) is 11.8 Å². The third-order valence-electron chi connectivity index (χ3n) is 22.6. The van der Waals surface area contributed by atoms with Crippen LogP contribution in [0.25, 0.3) is 0 Å². The number of ketones is 6. The highest BCUT2D eigenvalue weighted by atomic mass is 16.6. The molecule has 9 amide bonds. The number of carbonyl (C=O) groups excluding carboxylic acids is 15. The number of nitrogens with two attached hydrogens (primary N) is 4. The van der Waals surface area contributed by atoms with Crippen molar-refractivity contribution < 1.29 is 155 Å². The molecular formula is C93H147N21O32. The zero-order chi connectivity index (χ0) is 109. The predicted octanol–water partition coefficient (Wildman–Crippen LogP) is -1.33. The molecule has 0 bridgehead atoms. The van der Waals surface area contributed by atoms with Gasteiger partial charge in [0.15, 0.2) is 52.8 Å². The number of amides is 9. The van der Waals surface area contributed by atoms with Crippen LogP contribution in [-0.4, -0.2) is 334 Å². The van der Waals surface area contributed by atoms with E-state index in [2.05, 4.69) is 63.6 Å². The summed E-state index contributed by atoms with van der Waals surface area (Å²) in [6.07, 6.45) is -6.45. The maximum Gasteiger partial charge on any atom is 0.407 e. The molecule has 0 fully saturated rings. The molecule has 1 aliphatic heterocycles. The zero-order valence-corrected chi connectivity index (χ0v) is 82.9. The number of unbranched alkanes of at least 4 members (excludes halogenated alkanes) is 1. The summed E-state index contributed by atoms with van der Waals surface area (Å²) in [5, 5.41) is 112. The first-order valence-corrected chi connectivity index (χ1v) is 48.2. The summed E-state index contributed by atoms with van der Waals surface area (Å²) in [6.45, 7) is 3.18. The highest BCUT2D eigenvalue weighted by molar-refractivity contribution is 6.13. The molecule has 0 radical (unpaired) electrons. The number of imide groups is 1. The van der Waals surface area contributed by atoms with Gasteiger partial charge in [-0.1, -0.05) is 36.3 Å². The quantitative estimate of drug-likeness (QED) is 0.0118. The Bertz CT molecular complexity index is 4520. The van der Waals surface area contributed by atoms with Crippen LogP contribution in [0.4, 0.5) is 4.79 Å². The number of oxime groups is 1. The van der Waals surface area contributed by atoms with E-state index in [4.69, 9.17) is 77.8 Å². The lowest BCUT2D eigenvalue weighted by molar-refractivity contribution is -0.141. The lowest BCUT2D eigenvalue weighted by Gasteiger charge is -2.26. The number of nitrogens with zero attached hydrogens (tertiary/aromatic N) is 2. The van der Waals surface area contributed by atoms with Crippen LogP contribution in [0.2, 0.25) is 0 Å². The van der Waals surface area contributed by atoms with Gasteiger partial charge in [0, 0.05) is 178 Å². The van der Waals surface area contributed by atoms with Gasteiger partial charge >= 0.3 is 35.9 Å². The molecule has 10 atom stereocenters. The fourth-order valence-electron chi connectivity index (χ4n) is 14.7. The van der Waals surface area contributed by atoms with Crippen molar-refractivity contribution in [2.75, 3.05) is 126 Å². The topological polar surface area (TPSA) is 855 Å². The number of carbonyl (C=O) groups is 20. The second kappa shape index (κ2) is 74.8. The average Bonchev–Trinajstić information content (AvgIpc) is 1.86. The number of hydrogen-bond donors (Lipinski definition) is 24. The van der Waals surface area contributed by atoms with Crippen LogP contribution >= 0.6 is 0 Å². The highest BCUT2D eigenvalue weighted by Crippen LogP contribution is 2.25. The fourth-order valence-corrected chi connectivity index (χ4v) is 14.7. The minimum absolute atomic E-state index is 0.00798. The molecule has 0 aliphatic carbocycles. The van der Waals surface area contributed by atoms with Crippen LogP contribution in [0.3, 0.4) is 0 Å². The van der Waals surface area contributed by atoms with Gasteiger partial charge in [0.1, 0.15) is 32.2 Å². The Morgan fingerprint density at radius 3 is 1.21 bits per heavy atom. The number of guanidine groups is 4. The minimum atomic E-state index is -1.80. The number of ether oxygens (including phenoxy) is 6. The molecule has 0 saturated carbocycles. The molecule has 816 valence electrons. The first-order valence-electron chi connectivity index (χ1n) is 48.2. The number of rotatable bonds is 87. The van der Waals surface area contributed by atoms with Crippen LogP contribution in [0.1, 0.15) is 205 Å². The van der Waals surface area contributed by atoms with Crippen molar-refractivity contribution in [2.24, 2.45) is 57.7 Å². The monoisotopic (exact) mass is 2070 g/mol. The Labute approximate surface area is 844 Å². The average molecular weight is 2070 g/mol. The van der Waals surface area contributed by atoms with Crippen LogP contribution in [0.5, 0.6) is 0 Å². The number of nitrogens with one attached hydrogen (secondary N) is 15. The van der Waals surface area contributed by atoms with Crippen molar-refractivity contribution in [1.82, 2.24) is 63.4 Å². The molecule has 1 aromatic carbocycles. The van der Waals surface area contributed by atoms with Crippen molar-refractivity contribution >= 4 is 147 Å². The molecule has 53 nitrogen and oxygen atoms in total. The molecule has 1 aliphatic rings. The number of benzene rings is 1. The molecule has 1 aromatic rings. The van der Waals surface area contributed by atoms with E-state index in [1.165, 1.54) is 7.11 Å². The third kappa shape index (κ3) is 60.5. The zero-order valence-electron chi connectivity index (χ0n) is 82.9. The second-order valence-electron chi connectivity index (χ2n) is 34.4. The molecule has 0 aromatic heterocycles. The summed E-state index contributed by atoms with van der Waals surface area (Å²) in [4.78, 5) is 269. The van der Waals surface area contributed by atoms with E-state index in [9.17, 15) is 121 Å². The van der Waals surface area contributed by atoms with Crippen molar-refractivity contribution in [3.63, 3.8) is 0 Å². The van der Waals surface area contributed by atoms with E-state index in [-0.39, 0.29) is 206 Å². The largest absolute Gasteiger partial charge is 0.481 e. The van der Waals surface area contributed by atoms with Gasteiger partial charge < -0.3 is 140 Å². The smallest absolute Gasteiger partial charge is 0.407 e. The Balaban J connectivity index is 2.25. The van der Waals surface area contributed by atoms with E-state index in [1.807, 2.05) is 0 Å². The number of carboxylic acids is 5. The summed E-state index contributed by atoms with van der Waals surface area (Å²) < 4.78 is 32.3. The molecule has 2 rings (SSSR count). The fraction of sp³-hybridized carbons (Fsp3) is 0.645. The number of Topliss-reactive ketones (excluding diaryl/α,β-unsaturated/α-hetero) is 6. The number of aliphatic carboxylic acids is 5. The van der Waals surface area contributed by atoms with Gasteiger partial charge in [-0.3, -0.25) is 118 Å². The van der Waals surface area contributed by atoms with Gasteiger partial charge in [-0.15, -0.1) is 0 Å². The predicted molar refractivity (Wildman–Crippen MR) is 522 cm³/mol. The van der Waals surface area contributed by atoms with E-state index in [0.29, 0.717) is 36.1 Å². The second-order valence-corrected chi connectivity index (χ2v) is 34.4. The lowest BCUT2D eigenvalue weighted by Crippen LogP contribution is -2.48. The normalized spacial score (nSPS) is 13.7. The van der Waals surface area contributed by atoms with Crippen LogP contribution in [0, 0.1) is 51.2 Å². The molecule has 146 heavy (non-hydrogen) atoms. The number of methoxy groups -OCH3 is 1. The summed E-state index contributed by atoms with van der Waals surface area (Å²) in [5.41, 5.74) is 23.6. The summed E-state index contributed by atoms with van der Waals surface area (Å²) >= 11 is 0. The number of carboxylic acid groups (broad SMARTS) is 5. The van der Waals surface area contributed by atoms with Crippen LogP contribution < -0.4 is 81.4 Å². The minimum Gasteiger partial charge on any atom is -0.481 e. The molecule has 0 unspecified atom stereocenters. The molecule has 0 spiro atoms. The van der Waals surface area contributed by atoms with Gasteiger partial charge in [0.05, 0.1) is 76.1 Å². The summed E-state index contributed by atoms with van der Waals surface area (Å²) in [6, 6.07) is 0.423. The third-order valence-corrected chi connectivity index (χ3v) is 22.6. The molecule has 1 heterocycles. The Hall–Kier alpha value is -14.1. The maximum atomic E-state index is 14.7. The Morgan fingerprint density at radius 2 is 0.767 bits per heavy atom. The van der Waals surface area contributed by atoms with Gasteiger partial charge in [-0.2, -0.15) is 0 Å². The van der Waals surface area contributed by atoms with Gasteiger partial charge in [-0.05, 0) is 127 Å². The van der Waals surface area contributed by atoms with Crippen molar-refractivity contribution in [3.8, 4) is 0 Å². The highest BCUT2D eigenvalue weighted by Gasteiger charge is 2.38. The van der Waals surface area contributed by atoms with Gasteiger partial charge in [0.2, 0.25) is 35.4 Å². The van der Waals surface area contributed by atoms with E-state index >= 15 is 0 Å². The molecule has 28 N–H and O–H groups in total. The Morgan fingerprint density at radius 1 is 0.384 bits per heavy atom. The SMILES string of the molecule is CCC(=O)[C@@H](CCCNC(=N)N)NC(=O)[C@@H](CCCNC(=N)N)CC(=O)[C@@H](CCCNC(=N)N)NC(=O)[C@@H](CCCNC(=N)N)CC(=O)COCCOCCNC(=O)COCCOCCCC[C@H](Cc1ccc(/C(C)=N/OCCNC(=O)OCCOC)cc1)NC(=O)[C@@H](CCC(=O)O)CC(=O)[C@@H](CCC(=O)O)NC(=O)[C@@H](CCC(=O)O)CC(=O)[C@@H](CCC(=O)O)NC(=O)[C@@H](CCC(=O)O)CC(=O)CCN1C(=O)C=CC1=O. The molecule has 0 saturated heterocycles. The van der Waals surface area contributed by atoms with Crippen molar-refractivity contribution in [1.29, 1.82) is 21.6 Å². The maximum absolute atomic E-state index is 14.7. The summed E-state index contributed by atoms with van der Waals surface area (Å²) in [5.74, 6) is -25.7. The van der Waals surface area contributed by atoms with E-state index in [0.717, 1.165) is 17.1 Å². The van der Waals surface area contributed by atoms with Crippen LogP contribution in [0.15, 0.2) is 41.6 Å². The summed E-state index contributed by atoms with van der Waals surface area (Å²) in [7, 11) is 1.45. The molecule has 53 heteroatoms. The van der Waals surface area contributed by atoms with Crippen molar-refractivity contribution in [3.05, 3.63) is 47.5 Å². The first kappa shape index (κ1) is 128. The first-order chi connectivity index (χ1) is 69.4. The van der Waals surface area contributed by atoms with E-state index < -0.39 is 281 Å². The van der Waals surface area contributed by atoms with Gasteiger partial charge in [-0.25, -0.2) is 4.79 Å². The van der Waals surface area contributed by atoms with E-state index in [1.54, 1.807) is 38.1 Å². The standard InChI is InChI=1S/C93H147N21O32/c1-4-72(117)68(14-9-35-105-91(98)99)109-86(136)61(12-8-34-104-90(96)97)52-73(118)69(15-10-36-106-92(100)101)110-85(135)60(11-7-33-103-89(94)95)51-67(116)55-143-46-45-142-41-37-102-76(121)56-144-47-44-141-40-6-5-13-65(49-58-16-18-59(19-17-58)57(2)113-146-42-38-107-93(139)145-48-43-140-3)108-84(134)63(21-28-80(126)127)53-74(119)71(24-31-83(132)133)112-88(138)64(22-29-81(128)129)54-75(120)70(23-30-82(130)131)111-87(137)62(20-27-79(124)125)50-66(115)32-39-114-77(122)25-26-78(114)123/h16-19,25-26,60-65,68-71H,4-15,20-24,27-56H2,1-3H3,(H,102,121)(H,107,139)(H,108,134)(H,109,136)(H,110,135)(H,111,137)(H,112,138)(H,124,125)(H,126,127)(H,128,129)(H,130,131)(H,132,133)(H4,94,95,103)(H4,96,97,104)(H4,98,99,105)(H4,100,101,106)/b113-57+/t60-,61-,62-,63-,64-,65+,68+,69+,70+,71+/m0/s1. The number of alkyl carbamates (subject to hydrolysis) is 1. The van der Waals surface area contributed by atoms with Crippen molar-refractivity contribution in [2.45, 2.75) is 230 Å². The van der Waals surface area contributed by atoms with Crippen LogP contribution in [-0.2, 0) is 131 Å². The molecular weight excluding hydrogens is 1920 g/mol. The Kier molecular flexibility index (Phi) is 65.5.